The molecule has 2 aromatic carbocycles. The third-order valence-electron chi connectivity index (χ3n) is 3.40. The van der Waals surface area contributed by atoms with Crippen molar-refractivity contribution in [1.82, 2.24) is 9.55 Å². The van der Waals surface area contributed by atoms with Crippen LogP contribution in [0.5, 0.6) is 0 Å². The molecule has 3 rings (SSSR count). The maximum atomic E-state index is 14.2. The summed E-state index contributed by atoms with van der Waals surface area (Å²) in [6, 6.07) is 10.2. The summed E-state index contributed by atoms with van der Waals surface area (Å²) >= 11 is 6.07. The van der Waals surface area contributed by atoms with Crippen molar-refractivity contribution >= 4 is 28.3 Å². The topological polar surface area (TPSA) is 43.8 Å². The largest absolute Gasteiger partial charge is 0.399 e. The van der Waals surface area contributed by atoms with E-state index in [1.54, 1.807) is 18.2 Å². The van der Waals surface area contributed by atoms with E-state index in [1.807, 2.05) is 30.5 Å². The maximum absolute atomic E-state index is 14.2. The van der Waals surface area contributed by atoms with E-state index in [1.165, 1.54) is 6.07 Å². The number of nitrogen functional groups attached to an aromatic ring is 1. The van der Waals surface area contributed by atoms with Crippen LogP contribution in [0, 0.1) is 5.82 Å². The standard InChI is InChI=1S/C16H15ClFN3/c1-9(2)21-15-7-10(17)3-6-14(15)20-16(21)12-5-4-11(19)8-13(12)18/h3-9H,19H2,1-2H3. The molecule has 5 heteroatoms. The molecule has 0 aliphatic carbocycles. The van der Waals surface area contributed by atoms with Crippen LogP contribution >= 0.6 is 11.6 Å². The number of nitrogens with zero attached hydrogens (tertiary/aromatic N) is 2. The van der Waals surface area contributed by atoms with Crippen molar-refractivity contribution in [1.29, 1.82) is 0 Å². The van der Waals surface area contributed by atoms with Gasteiger partial charge in [0.2, 0.25) is 0 Å². The van der Waals surface area contributed by atoms with Gasteiger partial charge in [-0.2, -0.15) is 0 Å². The van der Waals surface area contributed by atoms with Gasteiger partial charge in [-0.15, -0.1) is 0 Å². The van der Waals surface area contributed by atoms with Crippen LogP contribution in [0.15, 0.2) is 36.4 Å². The predicted octanol–water partition coefficient (Wildman–Crippen LogP) is 4.66. The molecule has 0 fully saturated rings. The van der Waals surface area contributed by atoms with Gasteiger partial charge in [-0.25, -0.2) is 9.37 Å². The van der Waals surface area contributed by atoms with E-state index in [4.69, 9.17) is 17.3 Å². The van der Waals surface area contributed by atoms with E-state index in [0.717, 1.165) is 11.0 Å². The van der Waals surface area contributed by atoms with E-state index in [-0.39, 0.29) is 11.9 Å². The number of benzene rings is 2. The summed E-state index contributed by atoms with van der Waals surface area (Å²) in [5.74, 6) is 0.207. The van der Waals surface area contributed by atoms with Crippen molar-refractivity contribution in [3.8, 4) is 11.4 Å². The third-order valence-corrected chi connectivity index (χ3v) is 3.64. The molecule has 0 bridgehead atoms. The molecule has 1 aromatic heterocycles. The average molecular weight is 304 g/mol. The molecule has 2 N–H and O–H groups in total. The summed E-state index contributed by atoms with van der Waals surface area (Å²) in [7, 11) is 0. The van der Waals surface area contributed by atoms with E-state index < -0.39 is 0 Å². The average Bonchev–Trinajstić information content (AvgIpc) is 2.76. The van der Waals surface area contributed by atoms with Crippen molar-refractivity contribution in [3.05, 3.63) is 47.2 Å². The first kappa shape index (κ1) is 13.9. The van der Waals surface area contributed by atoms with Crippen molar-refractivity contribution in [2.75, 3.05) is 5.73 Å². The van der Waals surface area contributed by atoms with Gasteiger partial charge in [-0.1, -0.05) is 11.6 Å². The highest BCUT2D eigenvalue weighted by Crippen LogP contribution is 2.31. The second kappa shape index (κ2) is 5.04. The highest BCUT2D eigenvalue weighted by molar-refractivity contribution is 6.31. The van der Waals surface area contributed by atoms with Crippen LogP contribution in [0.4, 0.5) is 10.1 Å². The Hall–Kier alpha value is -2.07. The summed E-state index contributed by atoms with van der Waals surface area (Å²) < 4.78 is 16.2. The number of rotatable bonds is 2. The van der Waals surface area contributed by atoms with Crippen molar-refractivity contribution in [2.24, 2.45) is 0 Å². The number of aromatic nitrogens is 2. The number of imidazole rings is 1. The number of hydrogen-bond donors (Lipinski definition) is 1. The zero-order valence-corrected chi connectivity index (χ0v) is 12.5. The number of anilines is 1. The van der Waals surface area contributed by atoms with Gasteiger partial charge in [-0.05, 0) is 50.2 Å². The van der Waals surface area contributed by atoms with Gasteiger partial charge >= 0.3 is 0 Å². The van der Waals surface area contributed by atoms with E-state index in [2.05, 4.69) is 4.98 Å². The smallest absolute Gasteiger partial charge is 0.144 e. The molecule has 0 spiro atoms. The minimum atomic E-state index is -0.377. The molecule has 0 radical (unpaired) electrons. The molecule has 0 atom stereocenters. The van der Waals surface area contributed by atoms with Crippen molar-refractivity contribution in [2.45, 2.75) is 19.9 Å². The summed E-state index contributed by atoms with van der Waals surface area (Å²) in [5, 5.41) is 0.633. The number of nitrogens with two attached hydrogens (primary N) is 1. The summed E-state index contributed by atoms with van der Waals surface area (Å²) in [6.45, 7) is 4.06. The monoisotopic (exact) mass is 303 g/mol. The van der Waals surface area contributed by atoms with E-state index in [0.29, 0.717) is 22.1 Å². The molecule has 3 nitrogen and oxygen atoms in total. The predicted molar refractivity (Wildman–Crippen MR) is 84.9 cm³/mol. The fourth-order valence-corrected chi connectivity index (χ4v) is 2.66. The SMILES string of the molecule is CC(C)n1c(-c2ccc(N)cc2F)nc2ccc(Cl)cc21. The first-order valence-corrected chi connectivity index (χ1v) is 7.08. The minimum Gasteiger partial charge on any atom is -0.399 e. The third kappa shape index (κ3) is 2.36. The summed E-state index contributed by atoms with van der Waals surface area (Å²) in [6.07, 6.45) is 0. The Kier molecular flexibility index (Phi) is 3.33. The molecule has 0 aliphatic heterocycles. The van der Waals surface area contributed by atoms with Crippen molar-refractivity contribution in [3.63, 3.8) is 0 Å². The van der Waals surface area contributed by atoms with Gasteiger partial charge in [-0.3, -0.25) is 0 Å². The molecule has 108 valence electrons. The molecule has 3 aromatic rings. The van der Waals surface area contributed by atoms with Crippen LogP contribution in [-0.4, -0.2) is 9.55 Å². The van der Waals surface area contributed by atoms with Gasteiger partial charge in [0.25, 0.3) is 0 Å². The molecule has 0 amide bonds. The molecule has 0 saturated carbocycles. The highest BCUT2D eigenvalue weighted by atomic mass is 35.5. The zero-order valence-electron chi connectivity index (χ0n) is 11.8. The van der Waals surface area contributed by atoms with E-state index in [9.17, 15) is 4.39 Å². The lowest BCUT2D eigenvalue weighted by Crippen LogP contribution is -2.04. The summed E-state index contributed by atoms with van der Waals surface area (Å²) in [4.78, 5) is 4.56. The Labute approximate surface area is 127 Å². The quantitative estimate of drug-likeness (QED) is 0.700. The van der Waals surface area contributed by atoms with Gasteiger partial charge in [0.05, 0.1) is 16.6 Å². The summed E-state index contributed by atoms with van der Waals surface area (Å²) in [5.41, 5.74) is 8.13. The maximum Gasteiger partial charge on any atom is 0.144 e. The molecular formula is C16H15ClFN3. The highest BCUT2D eigenvalue weighted by Gasteiger charge is 2.18. The van der Waals surface area contributed by atoms with Crippen LogP contribution in [-0.2, 0) is 0 Å². The number of fused-ring (bicyclic) bond motifs is 1. The minimum absolute atomic E-state index is 0.125. The molecule has 0 unspecified atom stereocenters. The second-order valence-electron chi connectivity index (χ2n) is 5.27. The number of hydrogen-bond acceptors (Lipinski definition) is 2. The van der Waals surface area contributed by atoms with Gasteiger partial charge < -0.3 is 10.3 Å². The molecule has 21 heavy (non-hydrogen) atoms. The van der Waals surface area contributed by atoms with Crippen LogP contribution in [0.25, 0.3) is 22.4 Å². The van der Waals surface area contributed by atoms with Crippen molar-refractivity contribution < 1.29 is 4.39 Å². The Morgan fingerprint density at radius 1 is 1.19 bits per heavy atom. The van der Waals surface area contributed by atoms with E-state index >= 15 is 0 Å². The first-order valence-electron chi connectivity index (χ1n) is 6.70. The lowest BCUT2D eigenvalue weighted by molar-refractivity contribution is 0.608. The fourth-order valence-electron chi connectivity index (χ4n) is 2.49. The Morgan fingerprint density at radius 3 is 2.62 bits per heavy atom. The molecule has 0 aliphatic rings. The number of halogens is 2. The van der Waals surface area contributed by atoms with Gasteiger partial charge in [0.1, 0.15) is 11.6 Å². The normalized spacial score (nSPS) is 11.5. The van der Waals surface area contributed by atoms with Gasteiger partial charge in [0, 0.05) is 16.8 Å². The van der Waals surface area contributed by atoms with Gasteiger partial charge in [0.15, 0.2) is 0 Å². The lowest BCUT2D eigenvalue weighted by atomic mass is 10.1. The Morgan fingerprint density at radius 2 is 1.95 bits per heavy atom. The Balaban J connectivity index is 2.34. The molecular weight excluding hydrogens is 289 g/mol. The fraction of sp³-hybridized carbons (Fsp3) is 0.188. The van der Waals surface area contributed by atoms with Crippen LogP contribution < -0.4 is 5.73 Å². The second-order valence-corrected chi connectivity index (χ2v) is 5.71. The van der Waals surface area contributed by atoms with Crippen LogP contribution in [0.3, 0.4) is 0 Å². The molecule has 0 saturated heterocycles. The lowest BCUT2D eigenvalue weighted by Gasteiger charge is -2.13. The first-order chi connectivity index (χ1) is 9.97. The Bertz CT molecular complexity index is 824. The molecule has 1 heterocycles. The van der Waals surface area contributed by atoms with Crippen LogP contribution in [0.2, 0.25) is 5.02 Å². The zero-order chi connectivity index (χ0) is 15.1. The van der Waals surface area contributed by atoms with Crippen LogP contribution in [0.1, 0.15) is 19.9 Å².